The predicted octanol–water partition coefficient (Wildman–Crippen LogP) is -3.71. The van der Waals surface area contributed by atoms with Crippen molar-refractivity contribution in [1.82, 2.24) is 10.6 Å². The van der Waals surface area contributed by atoms with E-state index >= 15 is 0 Å². The summed E-state index contributed by atoms with van der Waals surface area (Å²) < 4.78 is 4.99. The molecule has 0 aromatic carbocycles. The van der Waals surface area contributed by atoms with Crippen molar-refractivity contribution in [2.24, 2.45) is 0 Å². The second-order valence-electron chi connectivity index (χ2n) is 3.33. The molecule has 0 aromatic rings. The van der Waals surface area contributed by atoms with Gasteiger partial charge < -0.3 is 30.7 Å². The van der Waals surface area contributed by atoms with Crippen LogP contribution in [0.25, 0.3) is 0 Å². The Morgan fingerprint density at radius 3 is 2.56 bits per heavy atom. The molecule has 1 heterocycles. The number of aliphatic hydroxyl groups excluding tert-OH is 3. The van der Waals surface area contributed by atoms with E-state index in [0.29, 0.717) is 6.41 Å². The first-order chi connectivity index (χ1) is 7.60. The lowest BCUT2D eigenvalue weighted by Crippen LogP contribution is -2.46. The Labute approximate surface area is 91.2 Å². The molecule has 0 radical (unpaired) electrons. The highest BCUT2D eigenvalue weighted by Crippen LogP contribution is 2.18. The van der Waals surface area contributed by atoms with Gasteiger partial charge in [-0.2, -0.15) is 0 Å². The van der Waals surface area contributed by atoms with Crippen LogP contribution < -0.4 is 10.6 Å². The Hall–Kier alpha value is -1.22. The van der Waals surface area contributed by atoms with Crippen molar-refractivity contribution in [3.63, 3.8) is 0 Å². The molecule has 1 aliphatic rings. The number of carbonyl (C=O) groups excluding carboxylic acids is 2. The molecule has 1 saturated heterocycles. The summed E-state index contributed by atoms with van der Waals surface area (Å²) in [5.74, 6) is -0.568. The average Bonchev–Trinajstić information content (AvgIpc) is 2.54. The summed E-state index contributed by atoms with van der Waals surface area (Å²) in [5, 5.41) is 32.0. The van der Waals surface area contributed by atoms with Crippen molar-refractivity contribution in [1.29, 1.82) is 0 Å². The van der Waals surface area contributed by atoms with E-state index in [9.17, 15) is 19.8 Å². The fourth-order valence-electron chi connectivity index (χ4n) is 1.36. The first-order valence-corrected chi connectivity index (χ1v) is 4.69. The van der Waals surface area contributed by atoms with Gasteiger partial charge in [-0.3, -0.25) is 9.59 Å². The molecule has 2 amide bonds. The van der Waals surface area contributed by atoms with Crippen molar-refractivity contribution in [2.75, 3.05) is 13.2 Å². The van der Waals surface area contributed by atoms with E-state index in [1.54, 1.807) is 0 Å². The minimum Gasteiger partial charge on any atom is -0.394 e. The van der Waals surface area contributed by atoms with E-state index in [1.165, 1.54) is 0 Å². The molecule has 0 aromatic heterocycles. The van der Waals surface area contributed by atoms with E-state index in [-0.39, 0.29) is 6.54 Å². The molecule has 16 heavy (non-hydrogen) atoms. The fraction of sp³-hybridized carbons (Fsp3) is 0.750. The largest absolute Gasteiger partial charge is 0.394 e. The van der Waals surface area contributed by atoms with E-state index < -0.39 is 37.1 Å². The van der Waals surface area contributed by atoms with E-state index in [0.717, 1.165) is 0 Å². The lowest BCUT2D eigenvalue weighted by atomic mass is 10.1. The molecule has 4 atom stereocenters. The molecular weight excluding hydrogens is 220 g/mol. The second kappa shape index (κ2) is 5.75. The zero-order valence-corrected chi connectivity index (χ0v) is 8.37. The lowest BCUT2D eigenvalue weighted by Gasteiger charge is -2.15. The second-order valence-corrected chi connectivity index (χ2v) is 3.33. The summed E-state index contributed by atoms with van der Waals surface area (Å²) in [7, 11) is 0. The van der Waals surface area contributed by atoms with Gasteiger partial charge in [-0.25, -0.2) is 0 Å². The Morgan fingerprint density at radius 1 is 1.38 bits per heavy atom. The van der Waals surface area contributed by atoms with Gasteiger partial charge in [-0.05, 0) is 0 Å². The Bertz CT molecular complexity index is 261. The van der Waals surface area contributed by atoms with Crippen LogP contribution in [0.5, 0.6) is 0 Å². The quantitative estimate of drug-likeness (QED) is 0.311. The van der Waals surface area contributed by atoms with Crippen molar-refractivity contribution in [3.8, 4) is 0 Å². The minimum absolute atomic E-state index is 0.254. The Balaban J connectivity index is 2.43. The standard InChI is InChI=1S/C8H14N2O6/c11-2-4-6(14)7(15)8(16-4)10-5(13)1-9-3-12/h3-4,6-8,11,14-15H,1-2H2,(H,9,12)(H,10,13)/t4-,6-,7-,8?/m1/s1. The molecule has 1 rings (SSSR count). The smallest absolute Gasteiger partial charge is 0.241 e. The molecule has 0 saturated carbocycles. The van der Waals surface area contributed by atoms with Crippen molar-refractivity contribution in [3.05, 3.63) is 0 Å². The molecular formula is C8H14N2O6. The normalized spacial score (nSPS) is 33.4. The zero-order valence-electron chi connectivity index (χ0n) is 8.37. The number of rotatable bonds is 5. The maximum Gasteiger partial charge on any atom is 0.241 e. The SMILES string of the molecule is O=CNCC(=O)NC1O[C@H](CO)[C@@H](O)[C@H]1O. The minimum atomic E-state index is -1.31. The molecule has 8 heteroatoms. The van der Waals surface area contributed by atoms with E-state index in [4.69, 9.17) is 9.84 Å². The van der Waals surface area contributed by atoms with Gasteiger partial charge in [0, 0.05) is 0 Å². The van der Waals surface area contributed by atoms with Crippen molar-refractivity contribution >= 4 is 12.3 Å². The third-order valence-corrected chi connectivity index (χ3v) is 2.19. The van der Waals surface area contributed by atoms with Gasteiger partial charge in [0.2, 0.25) is 12.3 Å². The zero-order chi connectivity index (χ0) is 12.1. The van der Waals surface area contributed by atoms with Crippen LogP contribution in [0.4, 0.5) is 0 Å². The summed E-state index contributed by atoms with van der Waals surface area (Å²) in [5.41, 5.74) is 0. The molecule has 1 unspecified atom stereocenters. The average molecular weight is 234 g/mol. The van der Waals surface area contributed by atoms with Gasteiger partial charge in [0.05, 0.1) is 13.2 Å². The van der Waals surface area contributed by atoms with E-state index in [1.807, 2.05) is 0 Å². The molecule has 0 bridgehead atoms. The molecule has 1 fully saturated rings. The number of hydrogen-bond acceptors (Lipinski definition) is 6. The number of ether oxygens (including phenoxy) is 1. The van der Waals surface area contributed by atoms with Crippen LogP contribution in [0.1, 0.15) is 0 Å². The maximum atomic E-state index is 11.1. The highest BCUT2D eigenvalue weighted by molar-refractivity contribution is 5.80. The van der Waals surface area contributed by atoms with Gasteiger partial charge in [-0.15, -0.1) is 0 Å². The first-order valence-electron chi connectivity index (χ1n) is 4.69. The summed E-state index contributed by atoms with van der Waals surface area (Å²) in [6.45, 7) is -0.715. The fourth-order valence-corrected chi connectivity index (χ4v) is 1.36. The maximum absolute atomic E-state index is 11.1. The number of hydrogen-bond donors (Lipinski definition) is 5. The third-order valence-electron chi connectivity index (χ3n) is 2.19. The number of aliphatic hydroxyl groups is 3. The van der Waals surface area contributed by atoms with Gasteiger partial charge >= 0.3 is 0 Å². The number of carbonyl (C=O) groups is 2. The van der Waals surface area contributed by atoms with Crippen LogP contribution in [0, 0.1) is 0 Å². The highest BCUT2D eigenvalue weighted by Gasteiger charge is 2.42. The predicted molar refractivity (Wildman–Crippen MR) is 50.0 cm³/mol. The van der Waals surface area contributed by atoms with Gasteiger partial charge in [0.15, 0.2) is 6.23 Å². The van der Waals surface area contributed by atoms with Crippen molar-refractivity contribution in [2.45, 2.75) is 24.5 Å². The highest BCUT2D eigenvalue weighted by atomic mass is 16.6. The summed E-state index contributed by atoms with van der Waals surface area (Å²) in [4.78, 5) is 21.1. The van der Waals surface area contributed by atoms with Crippen LogP contribution in [-0.4, -0.2) is 65.3 Å². The van der Waals surface area contributed by atoms with Crippen LogP contribution in [0.15, 0.2) is 0 Å². The molecule has 8 nitrogen and oxygen atoms in total. The molecule has 1 aliphatic heterocycles. The number of nitrogens with one attached hydrogen (secondary N) is 2. The van der Waals surface area contributed by atoms with Crippen LogP contribution in [0.2, 0.25) is 0 Å². The molecule has 92 valence electrons. The molecule has 0 aliphatic carbocycles. The number of amides is 2. The lowest BCUT2D eigenvalue weighted by molar-refractivity contribution is -0.127. The molecule has 0 spiro atoms. The van der Waals surface area contributed by atoms with Gasteiger partial charge in [0.25, 0.3) is 0 Å². The van der Waals surface area contributed by atoms with Gasteiger partial charge in [-0.1, -0.05) is 0 Å². The van der Waals surface area contributed by atoms with Gasteiger partial charge in [0.1, 0.15) is 18.3 Å². The first kappa shape index (κ1) is 12.8. The monoisotopic (exact) mass is 234 g/mol. The summed E-state index contributed by atoms with van der Waals surface area (Å²) in [6, 6.07) is 0. The Kier molecular flexibility index (Phi) is 4.62. The Morgan fingerprint density at radius 2 is 2.06 bits per heavy atom. The van der Waals surface area contributed by atoms with Crippen LogP contribution in [0.3, 0.4) is 0 Å². The summed E-state index contributed by atoms with van der Waals surface area (Å²) in [6.07, 6.45) is -4.23. The topological polar surface area (TPSA) is 128 Å². The third kappa shape index (κ3) is 2.89. The van der Waals surface area contributed by atoms with Crippen LogP contribution in [-0.2, 0) is 14.3 Å². The van der Waals surface area contributed by atoms with Crippen LogP contribution >= 0.6 is 0 Å². The molecule has 5 N–H and O–H groups in total. The van der Waals surface area contributed by atoms with Crippen molar-refractivity contribution < 1.29 is 29.6 Å². The van der Waals surface area contributed by atoms with E-state index in [2.05, 4.69) is 10.6 Å². The summed E-state index contributed by atoms with van der Waals surface area (Å²) >= 11 is 0.